The number of aliphatic hydroxyl groups is 2. The van der Waals surface area contributed by atoms with Crippen molar-refractivity contribution in [1.82, 2.24) is 0 Å². The van der Waals surface area contributed by atoms with Gasteiger partial charge in [0.2, 0.25) is 0 Å². The van der Waals surface area contributed by atoms with Crippen LogP contribution in [0.5, 0.6) is 0 Å². The van der Waals surface area contributed by atoms with Gasteiger partial charge in [0.25, 0.3) is 0 Å². The Morgan fingerprint density at radius 3 is 0.947 bits per heavy atom. The van der Waals surface area contributed by atoms with Crippen molar-refractivity contribution in [2.45, 2.75) is 11.2 Å². The molecule has 0 radical (unpaired) electrons. The van der Waals surface area contributed by atoms with Crippen LogP contribution in [0.25, 0.3) is 67.1 Å². The quantitative estimate of drug-likeness (QED) is 0.106. The highest BCUT2D eigenvalue weighted by molar-refractivity contribution is 6.21. The zero-order valence-electron chi connectivity index (χ0n) is 41.8. The molecule has 0 saturated heterocycles. The second-order valence-corrected chi connectivity index (χ2v) is 19.8. The van der Waals surface area contributed by atoms with E-state index in [1.807, 2.05) is 60.7 Å². The molecule has 1 aliphatic carbocycles. The summed E-state index contributed by atoms with van der Waals surface area (Å²) in [5.41, 5.74) is 13.6. The smallest absolute Gasteiger partial charge is 0.141 e. The number of hydrogen-bond acceptors (Lipinski definition) is 2. The van der Waals surface area contributed by atoms with Gasteiger partial charge < -0.3 is 10.2 Å². The minimum absolute atomic E-state index is 0.614. The highest BCUT2D eigenvalue weighted by Gasteiger charge is 2.51. The van der Waals surface area contributed by atoms with E-state index < -0.39 is 11.2 Å². The van der Waals surface area contributed by atoms with Crippen molar-refractivity contribution < 1.29 is 10.2 Å². The van der Waals surface area contributed by atoms with Gasteiger partial charge >= 0.3 is 0 Å². The zero-order chi connectivity index (χ0) is 51.1. The molecule has 2 heteroatoms. The van der Waals surface area contributed by atoms with Crippen molar-refractivity contribution in [1.29, 1.82) is 0 Å². The molecule has 2 unspecified atom stereocenters. The van der Waals surface area contributed by atoms with Crippen molar-refractivity contribution in [2.75, 3.05) is 0 Å². The molecular formula is C74H52O2. The predicted molar refractivity (Wildman–Crippen MR) is 316 cm³/mol. The lowest BCUT2D eigenvalue weighted by Crippen LogP contribution is -2.44. The summed E-state index contributed by atoms with van der Waals surface area (Å²) in [5.74, 6) is 0. The monoisotopic (exact) mass is 972 g/mol. The van der Waals surface area contributed by atoms with Crippen LogP contribution >= 0.6 is 0 Å². The zero-order valence-corrected chi connectivity index (χ0v) is 41.8. The fourth-order valence-corrected chi connectivity index (χ4v) is 11.8. The van der Waals surface area contributed by atoms with Gasteiger partial charge in [-0.15, -0.1) is 0 Å². The van der Waals surface area contributed by atoms with Gasteiger partial charge in [-0.3, -0.25) is 0 Å². The van der Waals surface area contributed by atoms with E-state index in [-0.39, 0.29) is 0 Å². The molecule has 0 aromatic heterocycles. The van der Waals surface area contributed by atoms with Crippen molar-refractivity contribution >= 4 is 44.8 Å². The van der Waals surface area contributed by atoms with Crippen LogP contribution in [0.1, 0.15) is 66.8 Å². The molecule has 2 nitrogen and oxygen atoms in total. The molecule has 1 aliphatic rings. The molecular weight excluding hydrogens is 921 g/mol. The van der Waals surface area contributed by atoms with E-state index in [1.54, 1.807) is 0 Å². The van der Waals surface area contributed by atoms with E-state index in [2.05, 4.69) is 243 Å². The average Bonchev–Trinajstić information content (AvgIpc) is 3.64. The molecule has 0 amide bonds. The maximum Gasteiger partial charge on any atom is 0.141 e. The highest BCUT2D eigenvalue weighted by Crippen LogP contribution is 2.55. The molecule has 0 spiro atoms. The fraction of sp³-hybridized carbons (Fsp3) is 0.0270. The predicted octanol–water partition coefficient (Wildman–Crippen LogP) is 17.4. The van der Waals surface area contributed by atoms with Crippen LogP contribution in [0.4, 0.5) is 0 Å². The molecule has 13 rings (SSSR count). The Labute approximate surface area is 444 Å². The standard InChI is InChI=1S/C74H52O2/c75-73(59-43-38-51(39-44-59)48-65(53-22-6-1-7-23-53)54-24-8-2-9-25-54)67-36-20-21-37-68(67)74(76,60-45-40-52(41-46-60)49-66(55-26-10-3-11-27-55)56-28-12-4-13-29-56)70-50-58(42-47-69(70)73)72-63-34-18-16-32-61(63)71(57-30-14-5-15-31-57)62-33-17-19-35-64(62)72/h1-50,75-76H. The van der Waals surface area contributed by atoms with Crippen LogP contribution < -0.4 is 0 Å². The molecule has 12 aromatic carbocycles. The van der Waals surface area contributed by atoms with Crippen molar-refractivity contribution in [3.05, 3.63) is 358 Å². The van der Waals surface area contributed by atoms with Crippen LogP contribution in [0.2, 0.25) is 0 Å². The first-order valence-corrected chi connectivity index (χ1v) is 26.0. The third kappa shape index (κ3) is 8.00. The molecule has 360 valence electrons. The Hall–Kier alpha value is -9.44. The van der Waals surface area contributed by atoms with E-state index in [9.17, 15) is 10.2 Å². The van der Waals surface area contributed by atoms with Gasteiger partial charge in [0.05, 0.1) is 0 Å². The molecule has 0 bridgehead atoms. The van der Waals surface area contributed by atoms with Gasteiger partial charge in [-0.05, 0) is 140 Å². The van der Waals surface area contributed by atoms with Crippen molar-refractivity contribution in [3.63, 3.8) is 0 Å². The van der Waals surface area contributed by atoms with Gasteiger partial charge in [0, 0.05) is 0 Å². The fourth-order valence-electron chi connectivity index (χ4n) is 11.8. The minimum atomic E-state index is -1.68. The second kappa shape index (κ2) is 19.4. The average molecular weight is 973 g/mol. The van der Waals surface area contributed by atoms with Gasteiger partial charge in [-0.25, -0.2) is 0 Å². The van der Waals surface area contributed by atoms with Crippen LogP contribution in [0, 0.1) is 0 Å². The molecule has 12 aromatic rings. The normalized spacial score (nSPS) is 15.6. The topological polar surface area (TPSA) is 40.5 Å². The van der Waals surface area contributed by atoms with Gasteiger partial charge in [0.1, 0.15) is 11.2 Å². The third-order valence-electron chi connectivity index (χ3n) is 15.4. The first-order chi connectivity index (χ1) is 37.5. The molecule has 0 fully saturated rings. The lowest BCUT2D eigenvalue weighted by atomic mass is 9.63. The molecule has 0 saturated carbocycles. The summed E-state index contributed by atoms with van der Waals surface area (Å²) in [6.45, 7) is 0. The third-order valence-corrected chi connectivity index (χ3v) is 15.4. The number of rotatable bonds is 10. The second-order valence-electron chi connectivity index (χ2n) is 19.8. The highest BCUT2D eigenvalue weighted by atomic mass is 16.3. The summed E-state index contributed by atoms with van der Waals surface area (Å²) in [7, 11) is 0. The van der Waals surface area contributed by atoms with Gasteiger partial charge in [-0.2, -0.15) is 0 Å². The van der Waals surface area contributed by atoms with Crippen LogP contribution in [0.15, 0.2) is 291 Å². The first kappa shape index (κ1) is 46.4. The van der Waals surface area contributed by atoms with Gasteiger partial charge in [0.15, 0.2) is 0 Å². The number of fused-ring (bicyclic) bond motifs is 4. The molecule has 76 heavy (non-hydrogen) atoms. The maximum atomic E-state index is 14.2. The minimum Gasteiger partial charge on any atom is -0.376 e. The lowest BCUT2D eigenvalue weighted by Gasteiger charge is -2.45. The van der Waals surface area contributed by atoms with Gasteiger partial charge in [-0.1, -0.05) is 285 Å². The summed E-state index contributed by atoms with van der Waals surface area (Å²) in [5, 5.41) is 32.6. The van der Waals surface area contributed by atoms with Crippen LogP contribution in [0.3, 0.4) is 0 Å². The molecule has 2 N–H and O–H groups in total. The van der Waals surface area contributed by atoms with E-state index in [4.69, 9.17) is 0 Å². The summed E-state index contributed by atoms with van der Waals surface area (Å²) in [4.78, 5) is 0. The molecule has 0 aliphatic heterocycles. The van der Waals surface area contributed by atoms with Crippen LogP contribution in [-0.4, -0.2) is 10.2 Å². The van der Waals surface area contributed by atoms with E-state index in [1.165, 1.54) is 5.56 Å². The maximum absolute atomic E-state index is 14.2. The summed E-state index contributed by atoms with van der Waals surface area (Å²) in [6, 6.07) is 101. The molecule has 0 heterocycles. The van der Waals surface area contributed by atoms with E-state index in [0.717, 1.165) is 82.8 Å². The van der Waals surface area contributed by atoms with E-state index in [0.29, 0.717) is 33.4 Å². The SMILES string of the molecule is OC1(c2ccc(C=C(c3ccccc3)c3ccccc3)cc2)c2ccccc2C(O)(c2ccc(C=C(c3ccccc3)c3ccccc3)cc2)c2cc(-c3c4ccccc4c(-c4ccccc4)c4ccccc34)ccc21. The van der Waals surface area contributed by atoms with E-state index >= 15 is 0 Å². The Kier molecular flexibility index (Phi) is 11.9. The summed E-state index contributed by atoms with van der Waals surface area (Å²) >= 11 is 0. The van der Waals surface area contributed by atoms with Crippen molar-refractivity contribution in [2.24, 2.45) is 0 Å². The Morgan fingerprint density at radius 1 is 0.263 bits per heavy atom. The van der Waals surface area contributed by atoms with Crippen molar-refractivity contribution in [3.8, 4) is 22.3 Å². The number of benzene rings is 12. The Balaban J connectivity index is 1.02. The Bertz CT molecular complexity index is 3990. The lowest BCUT2D eigenvalue weighted by molar-refractivity contribution is 0.0748. The number of hydrogen-bond donors (Lipinski definition) is 2. The summed E-state index contributed by atoms with van der Waals surface area (Å²) in [6.07, 6.45) is 4.43. The Morgan fingerprint density at radius 2 is 0.566 bits per heavy atom. The first-order valence-electron chi connectivity index (χ1n) is 26.0. The summed E-state index contributed by atoms with van der Waals surface area (Å²) < 4.78 is 0. The molecule has 2 atom stereocenters. The van der Waals surface area contributed by atoms with Crippen LogP contribution in [-0.2, 0) is 11.2 Å². The largest absolute Gasteiger partial charge is 0.376 e.